The summed E-state index contributed by atoms with van der Waals surface area (Å²) in [6, 6.07) is 11.5. The van der Waals surface area contributed by atoms with Crippen molar-refractivity contribution >= 4 is 56.5 Å². The van der Waals surface area contributed by atoms with Gasteiger partial charge in [0.1, 0.15) is 18.0 Å². The minimum Gasteiger partial charge on any atom is -0.507 e. The maximum absolute atomic E-state index is 12.5. The Bertz CT molecular complexity index is 991. The van der Waals surface area contributed by atoms with Crippen LogP contribution in [0.1, 0.15) is 12.5 Å². The lowest BCUT2D eigenvalue weighted by Gasteiger charge is -2.12. The summed E-state index contributed by atoms with van der Waals surface area (Å²) in [6.07, 6.45) is 1.43. The molecule has 2 N–H and O–H groups in total. The molecule has 0 aliphatic carbocycles. The molecule has 7 nitrogen and oxygen atoms in total. The predicted octanol–water partition coefficient (Wildman–Crippen LogP) is 4.23. The van der Waals surface area contributed by atoms with Crippen molar-refractivity contribution in [1.29, 1.82) is 0 Å². The van der Waals surface area contributed by atoms with E-state index in [0.29, 0.717) is 23.6 Å². The van der Waals surface area contributed by atoms with E-state index in [1.807, 2.05) is 6.92 Å². The highest BCUT2D eigenvalue weighted by atomic mass is 79.9. The summed E-state index contributed by atoms with van der Waals surface area (Å²) in [4.78, 5) is 38.0. The summed E-state index contributed by atoms with van der Waals surface area (Å²) in [5.41, 5.74) is 0.920. The molecule has 3 amide bonds. The molecule has 150 valence electrons. The molecule has 0 atom stereocenters. The molecule has 1 aliphatic heterocycles. The van der Waals surface area contributed by atoms with Crippen LogP contribution in [0.15, 0.2) is 51.8 Å². The van der Waals surface area contributed by atoms with Gasteiger partial charge in [-0.3, -0.25) is 19.3 Å². The van der Waals surface area contributed by atoms with E-state index in [2.05, 4.69) is 21.2 Å². The number of carbonyl (C=O) groups excluding carboxylic acids is 3. The van der Waals surface area contributed by atoms with Crippen molar-refractivity contribution in [3.05, 3.63) is 57.4 Å². The van der Waals surface area contributed by atoms with Crippen LogP contribution in [0.5, 0.6) is 11.5 Å². The van der Waals surface area contributed by atoms with E-state index in [4.69, 9.17) is 4.74 Å². The number of imide groups is 1. The SMILES string of the molecule is CCOc1ccc(NC(=O)CN2C(=O)S/C(=C/c3cc(Br)ccc3O)C2=O)cc1. The lowest BCUT2D eigenvalue weighted by Crippen LogP contribution is -2.36. The third kappa shape index (κ3) is 5.18. The number of anilines is 1. The number of ether oxygens (including phenoxy) is 1. The minimum absolute atomic E-state index is 0.0201. The maximum atomic E-state index is 12.5. The number of benzene rings is 2. The highest BCUT2D eigenvalue weighted by Gasteiger charge is 2.36. The first-order chi connectivity index (χ1) is 13.9. The van der Waals surface area contributed by atoms with Crippen LogP contribution in [-0.4, -0.2) is 40.2 Å². The zero-order chi connectivity index (χ0) is 21.0. The summed E-state index contributed by atoms with van der Waals surface area (Å²) in [5.74, 6) is -0.421. The van der Waals surface area contributed by atoms with Gasteiger partial charge in [0.15, 0.2) is 0 Å². The fraction of sp³-hybridized carbons (Fsp3) is 0.150. The number of hydrogen-bond acceptors (Lipinski definition) is 6. The summed E-state index contributed by atoms with van der Waals surface area (Å²) in [5, 5.41) is 12.0. The Morgan fingerprint density at radius 3 is 2.66 bits per heavy atom. The molecule has 0 aromatic heterocycles. The molecular formula is C20H17BrN2O5S. The first-order valence-electron chi connectivity index (χ1n) is 8.64. The molecule has 0 bridgehead atoms. The van der Waals surface area contributed by atoms with Gasteiger partial charge < -0.3 is 15.2 Å². The Labute approximate surface area is 179 Å². The second-order valence-electron chi connectivity index (χ2n) is 5.98. The van der Waals surface area contributed by atoms with Crippen LogP contribution in [0.4, 0.5) is 10.5 Å². The van der Waals surface area contributed by atoms with E-state index in [1.54, 1.807) is 36.4 Å². The van der Waals surface area contributed by atoms with Crippen molar-refractivity contribution in [1.82, 2.24) is 4.90 Å². The van der Waals surface area contributed by atoms with E-state index in [9.17, 15) is 19.5 Å². The van der Waals surface area contributed by atoms with E-state index in [-0.39, 0.29) is 10.7 Å². The average Bonchev–Trinajstić information content (AvgIpc) is 2.94. The number of carbonyl (C=O) groups is 3. The van der Waals surface area contributed by atoms with E-state index in [0.717, 1.165) is 21.1 Å². The summed E-state index contributed by atoms with van der Waals surface area (Å²) < 4.78 is 6.06. The number of amides is 3. The molecular weight excluding hydrogens is 460 g/mol. The Kier molecular flexibility index (Phi) is 6.60. The second-order valence-corrected chi connectivity index (χ2v) is 7.89. The maximum Gasteiger partial charge on any atom is 0.294 e. The number of halogens is 1. The van der Waals surface area contributed by atoms with E-state index < -0.39 is 23.6 Å². The van der Waals surface area contributed by atoms with Crippen LogP contribution in [-0.2, 0) is 9.59 Å². The van der Waals surface area contributed by atoms with Gasteiger partial charge in [-0.05, 0) is 67.2 Å². The lowest BCUT2D eigenvalue weighted by atomic mass is 10.2. The summed E-state index contributed by atoms with van der Waals surface area (Å²) in [7, 11) is 0. The molecule has 0 spiro atoms. The van der Waals surface area contributed by atoms with Crippen LogP contribution < -0.4 is 10.1 Å². The van der Waals surface area contributed by atoms with Gasteiger partial charge in [-0.2, -0.15) is 0 Å². The Hall–Kier alpha value is -2.78. The number of hydrogen-bond donors (Lipinski definition) is 2. The van der Waals surface area contributed by atoms with Gasteiger partial charge in [-0.1, -0.05) is 15.9 Å². The van der Waals surface area contributed by atoms with Gasteiger partial charge in [-0.15, -0.1) is 0 Å². The van der Waals surface area contributed by atoms with Gasteiger partial charge in [0, 0.05) is 15.7 Å². The van der Waals surface area contributed by atoms with Crippen molar-refractivity contribution in [2.45, 2.75) is 6.92 Å². The number of nitrogens with one attached hydrogen (secondary N) is 1. The Balaban J connectivity index is 1.67. The highest BCUT2D eigenvalue weighted by molar-refractivity contribution is 9.10. The zero-order valence-electron chi connectivity index (χ0n) is 15.3. The molecule has 3 rings (SSSR count). The number of rotatable bonds is 6. The van der Waals surface area contributed by atoms with Crippen LogP contribution in [0.2, 0.25) is 0 Å². The molecule has 1 saturated heterocycles. The van der Waals surface area contributed by atoms with Crippen molar-refractivity contribution in [2.75, 3.05) is 18.5 Å². The molecule has 0 unspecified atom stereocenters. The topological polar surface area (TPSA) is 95.9 Å². The van der Waals surface area contributed by atoms with Crippen molar-refractivity contribution in [3.63, 3.8) is 0 Å². The standard InChI is InChI=1S/C20H17BrN2O5S/c1-2-28-15-6-4-14(5-7-15)22-18(25)11-23-19(26)17(29-20(23)27)10-12-9-13(21)3-8-16(12)24/h3-10,24H,2,11H2,1H3,(H,22,25)/b17-10+. The monoisotopic (exact) mass is 476 g/mol. The Morgan fingerprint density at radius 1 is 1.24 bits per heavy atom. The van der Waals surface area contributed by atoms with Gasteiger partial charge >= 0.3 is 0 Å². The average molecular weight is 477 g/mol. The minimum atomic E-state index is -0.582. The molecule has 9 heteroatoms. The molecule has 2 aromatic rings. The van der Waals surface area contributed by atoms with E-state index >= 15 is 0 Å². The van der Waals surface area contributed by atoms with Gasteiger partial charge in [-0.25, -0.2) is 0 Å². The zero-order valence-corrected chi connectivity index (χ0v) is 17.7. The smallest absolute Gasteiger partial charge is 0.294 e. The third-order valence-electron chi connectivity index (χ3n) is 3.90. The van der Waals surface area contributed by atoms with E-state index in [1.165, 1.54) is 12.1 Å². The quantitative estimate of drug-likeness (QED) is 0.605. The first kappa shape index (κ1) is 20.9. The summed E-state index contributed by atoms with van der Waals surface area (Å²) in [6.45, 7) is 2.01. The van der Waals surface area contributed by atoms with Gasteiger partial charge in [0.2, 0.25) is 5.91 Å². The molecule has 0 saturated carbocycles. The van der Waals surface area contributed by atoms with Crippen molar-refractivity contribution in [3.8, 4) is 11.5 Å². The second kappa shape index (κ2) is 9.15. The Morgan fingerprint density at radius 2 is 1.97 bits per heavy atom. The third-order valence-corrected chi connectivity index (χ3v) is 5.30. The summed E-state index contributed by atoms with van der Waals surface area (Å²) >= 11 is 4.01. The lowest BCUT2D eigenvalue weighted by molar-refractivity contribution is -0.127. The number of thioether (sulfide) groups is 1. The molecule has 1 aliphatic rings. The van der Waals surface area contributed by atoms with Crippen molar-refractivity contribution < 1.29 is 24.2 Å². The largest absolute Gasteiger partial charge is 0.507 e. The van der Waals surface area contributed by atoms with Crippen LogP contribution in [0, 0.1) is 0 Å². The fourth-order valence-corrected chi connectivity index (χ4v) is 3.77. The molecule has 2 aromatic carbocycles. The van der Waals surface area contributed by atoms with Crippen molar-refractivity contribution in [2.24, 2.45) is 0 Å². The number of nitrogens with zero attached hydrogens (tertiary/aromatic N) is 1. The number of phenolic OH excluding ortho intramolecular Hbond substituents is 1. The highest BCUT2D eigenvalue weighted by Crippen LogP contribution is 2.34. The fourth-order valence-electron chi connectivity index (χ4n) is 2.56. The van der Waals surface area contributed by atoms with Crippen LogP contribution >= 0.6 is 27.7 Å². The molecule has 1 fully saturated rings. The molecule has 0 radical (unpaired) electrons. The van der Waals surface area contributed by atoms with Crippen LogP contribution in [0.3, 0.4) is 0 Å². The predicted molar refractivity (Wildman–Crippen MR) is 115 cm³/mol. The molecule has 29 heavy (non-hydrogen) atoms. The van der Waals surface area contributed by atoms with Gasteiger partial charge in [0.25, 0.3) is 11.1 Å². The normalized spacial score (nSPS) is 15.1. The van der Waals surface area contributed by atoms with Gasteiger partial charge in [0.05, 0.1) is 11.5 Å². The number of phenols is 1. The number of aromatic hydroxyl groups is 1. The van der Waals surface area contributed by atoms with Crippen LogP contribution in [0.25, 0.3) is 6.08 Å². The molecule has 1 heterocycles. The first-order valence-corrected chi connectivity index (χ1v) is 10.2.